The van der Waals surface area contributed by atoms with Gasteiger partial charge in [-0.25, -0.2) is 4.98 Å². The van der Waals surface area contributed by atoms with E-state index in [1.165, 1.54) is 89.0 Å². The Balaban J connectivity index is 1.12. The summed E-state index contributed by atoms with van der Waals surface area (Å²) in [5.41, 5.74) is 22.8. The van der Waals surface area contributed by atoms with Crippen LogP contribution in [-0.4, -0.2) is 11.7 Å². The van der Waals surface area contributed by atoms with Crippen LogP contribution in [0, 0.1) is 0 Å². The fourth-order valence-electron chi connectivity index (χ4n) is 14.1. The monoisotopic (exact) mass is 925 g/mol. The standard InChI is InChI=1S/C69H44BN3/c1-6-24-45(25-7-1)63-51-35-17-16-34-50(51)52-44-61-62-67(64(52)71-63)73-60-43-21-19-37-54(60)69(48-30-12-4-13-31-48,49-32-14-5-15-33-49)56-39-23-41-58(66(56)73)70(62)57-40-22-38-55-65(57)72(61)59-42-20-18-36-53(59)68(55,46-26-8-2-9-27-46)47-28-10-3-11-29-47/h1-44H. The molecule has 338 valence electrons. The van der Waals surface area contributed by atoms with Crippen LogP contribution in [0.5, 0.6) is 0 Å². The molecule has 73 heavy (non-hydrogen) atoms. The molecule has 0 saturated heterocycles. The van der Waals surface area contributed by atoms with E-state index in [0.717, 1.165) is 38.9 Å². The molecule has 0 amide bonds. The van der Waals surface area contributed by atoms with E-state index in [0.29, 0.717) is 0 Å². The molecule has 12 aromatic rings. The molecule has 16 rings (SSSR count). The maximum Gasteiger partial charge on any atom is 0.252 e. The summed E-state index contributed by atoms with van der Waals surface area (Å²) < 4.78 is 0. The second-order valence-corrected chi connectivity index (χ2v) is 20.0. The van der Waals surface area contributed by atoms with Gasteiger partial charge in [-0.05, 0) is 84.5 Å². The second-order valence-electron chi connectivity index (χ2n) is 20.0. The Morgan fingerprint density at radius 3 is 1.25 bits per heavy atom. The molecule has 0 unspecified atom stereocenters. The van der Waals surface area contributed by atoms with Gasteiger partial charge in [-0.1, -0.05) is 249 Å². The van der Waals surface area contributed by atoms with Crippen LogP contribution in [0.1, 0.15) is 44.5 Å². The Morgan fingerprint density at radius 2 is 0.726 bits per heavy atom. The number of nitrogens with zero attached hydrogens (tertiary/aromatic N) is 3. The van der Waals surface area contributed by atoms with E-state index in [9.17, 15) is 0 Å². The first kappa shape index (κ1) is 40.5. The smallest absolute Gasteiger partial charge is 0.252 e. The molecule has 0 saturated carbocycles. The predicted octanol–water partition coefficient (Wildman–Crippen LogP) is 14.5. The van der Waals surface area contributed by atoms with Gasteiger partial charge in [0.2, 0.25) is 0 Å². The van der Waals surface area contributed by atoms with Gasteiger partial charge in [0, 0.05) is 33.4 Å². The number of aromatic nitrogens is 1. The summed E-state index contributed by atoms with van der Waals surface area (Å²) in [5, 5.41) is 3.45. The van der Waals surface area contributed by atoms with Gasteiger partial charge >= 0.3 is 0 Å². The van der Waals surface area contributed by atoms with Crippen LogP contribution in [-0.2, 0) is 10.8 Å². The summed E-state index contributed by atoms with van der Waals surface area (Å²) >= 11 is 0. The molecule has 0 aliphatic carbocycles. The van der Waals surface area contributed by atoms with Gasteiger partial charge in [0.1, 0.15) is 0 Å². The number of hydrogen-bond acceptors (Lipinski definition) is 3. The SMILES string of the molecule is c1ccc(-c2nc3c4c5c(cc3c3ccccc23)N2c3ccccc3C(c3ccccc3)(c3ccccc3)c3cccc(c32)B5c2cccc3c2N4c2ccccc2C3(c2ccccc2)c2ccccc2)cc1. The number of hydrogen-bond donors (Lipinski definition) is 0. The predicted molar refractivity (Wildman–Crippen MR) is 302 cm³/mol. The van der Waals surface area contributed by atoms with Crippen LogP contribution in [0.2, 0.25) is 0 Å². The van der Waals surface area contributed by atoms with Crippen LogP contribution >= 0.6 is 0 Å². The largest absolute Gasteiger partial charge is 0.311 e. The van der Waals surface area contributed by atoms with Gasteiger partial charge in [-0.2, -0.15) is 0 Å². The Labute approximate surface area is 425 Å². The van der Waals surface area contributed by atoms with Gasteiger partial charge in [0.25, 0.3) is 6.71 Å². The lowest BCUT2D eigenvalue weighted by atomic mass is 9.32. The number of anilines is 6. The van der Waals surface area contributed by atoms with E-state index in [1.807, 2.05) is 0 Å². The van der Waals surface area contributed by atoms with Gasteiger partial charge in [0.05, 0.1) is 39.1 Å². The molecule has 1 aromatic heterocycles. The zero-order valence-corrected chi connectivity index (χ0v) is 39.8. The van der Waals surface area contributed by atoms with Crippen molar-refractivity contribution in [1.82, 2.24) is 4.98 Å². The quantitative estimate of drug-likeness (QED) is 0.127. The first-order valence-electron chi connectivity index (χ1n) is 25.5. The highest BCUT2D eigenvalue weighted by Crippen LogP contribution is 2.62. The molecular weight excluding hydrogens is 882 g/mol. The normalized spacial score (nSPS) is 14.7. The molecule has 0 atom stereocenters. The zero-order chi connectivity index (χ0) is 47.8. The van der Waals surface area contributed by atoms with Crippen molar-refractivity contribution in [3.63, 3.8) is 0 Å². The van der Waals surface area contributed by atoms with Crippen molar-refractivity contribution in [3.8, 4) is 11.3 Å². The lowest BCUT2D eigenvalue weighted by molar-refractivity contribution is 0.731. The minimum Gasteiger partial charge on any atom is -0.311 e. The van der Waals surface area contributed by atoms with Crippen LogP contribution in [0.3, 0.4) is 0 Å². The fourth-order valence-corrected chi connectivity index (χ4v) is 14.1. The highest BCUT2D eigenvalue weighted by molar-refractivity contribution is 7.00. The lowest BCUT2D eigenvalue weighted by Gasteiger charge is -2.53. The number of benzene rings is 11. The van der Waals surface area contributed by atoms with Gasteiger partial charge in [0.15, 0.2) is 0 Å². The highest BCUT2D eigenvalue weighted by Gasteiger charge is 2.56. The molecule has 4 aliphatic heterocycles. The van der Waals surface area contributed by atoms with Gasteiger partial charge in [-0.15, -0.1) is 0 Å². The number of fused-ring (bicyclic) bond motifs is 12. The average molecular weight is 926 g/mol. The molecule has 5 heterocycles. The molecule has 0 N–H and O–H groups in total. The van der Waals surface area contributed by atoms with E-state index < -0.39 is 10.8 Å². The molecule has 11 aromatic carbocycles. The van der Waals surface area contributed by atoms with Crippen LogP contribution in [0.4, 0.5) is 34.1 Å². The highest BCUT2D eigenvalue weighted by atomic mass is 15.2. The molecule has 0 bridgehead atoms. The molecule has 3 nitrogen and oxygen atoms in total. The van der Waals surface area contributed by atoms with Gasteiger partial charge in [-0.3, -0.25) is 0 Å². The summed E-state index contributed by atoms with van der Waals surface area (Å²) in [6.45, 7) is -0.149. The summed E-state index contributed by atoms with van der Waals surface area (Å²) in [5.74, 6) is 0. The van der Waals surface area contributed by atoms with Crippen molar-refractivity contribution in [2.24, 2.45) is 0 Å². The number of para-hydroxylation sites is 4. The summed E-state index contributed by atoms with van der Waals surface area (Å²) in [7, 11) is 0. The van der Waals surface area contributed by atoms with Crippen LogP contribution in [0.25, 0.3) is 32.9 Å². The molecule has 4 heteroatoms. The lowest BCUT2D eigenvalue weighted by Crippen LogP contribution is -2.63. The van der Waals surface area contributed by atoms with Crippen molar-refractivity contribution in [2.75, 3.05) is 9.80 Å². The Morgan fingerprint density at radius 1 is 0.315 bits per heavy atom. The first-order valence-corrected chi connectivity index (χ1v) is 25.5. The summed E-state index contributed by atoms with van der Waals surface area (Å²) in [4.78, 5) is 11.3. The van der Waals surface area contributed by atoms with E-state index in [2.05, 4.69) is 277 Å². The maximum absolute atomic E-state index is 6.00. The molecular formula is C69H44BN3. The fraction of sp³-hybridized carbons (Fsp3) is 0.0290. The van der Waals surface area contributed by atoms with Crippen molar-refractivity contribution in [3.05, 3.63) is 311 Å². The van der Waals surface area contributed by atoms with Crippen LogP contribution in [0.15, 0.2) is 267 Å². The third-order valence-corrected chi connectivity index (χ3v) is 16.7. The number of pyridine rings is 1. The minimum atomic E-state index is -0.646. The average Bonchev–Trinajstić information content (AvgIpc) is 3.48. The third-order valence-electron chi connectivity index (χ3n) is 16.7. The van der Waals surface area contributed by atoms with E-state index in [1.54, 1.807) is 0 Å². The first-order chi connectivity index (χ1) is 36.3. The van der Waals surface area contributed by atoms with Crippen LogP contribution < -0.4 is 26.2 Å². The Kier molecular flexibility index (Phi) is 8.39. The molecule has 0 spiro atoms. The summed E-state index contributed by atoms with van der Waals surface area (Å²) in [6, 6.07) is 99.8. The van der Waals surface area contributed by atoms with Gasteiger partial charge < -0.3 is 9.80 Å². The third kappa shape index (κ3) is 5.17. The van der Waals surface area contributed by atoms with Crippen molar-refractivity contribution >= 4 is 78.9 Å². The molecule has 0 radical (unpaired) electrons. The van der Waals surface area contributed by atoms with E-state index in [4.69, 9.17) is 4.98 Å². The van der Waals surface area contributed by atoms with E-state index >= 15 is 0 Å². The zero-order valence-electron chi connectivity index (χ0n) is 39.8. The molecule has 4 aliphatic rings. The van der Waals surface area contributed by atoms with Crippen molar-refractivity contribution in [2.45, 2.75) is 10.8 Å². The minimum absolute atomic E-state index is 0.149. The van der Waals surface area contributed by atoms with Crippen molar-refractivity contribution < 1.29 is 0 Å². The van der Waals surface area contributed by atoms with Crippen molar-refractivity contribution in [1.29, 1.82) is 0 Å². The Bertz CT molecular complexity index is 4130. The maximum atomic E-state index is 6.00. The topological polar surface area (TPSA) is 19.4 Å². The Hall–Kier alpha value is -9.25. The second kappa shape index (κ2) is 15.1. The summed E-state index contributed by atoms with van der Waals surface area (Å²) in [6.07, 6.45) is 0. The van der Waals surface area contributed by atoms with E-state index in [-0.39, 0.29) is 6.71 Å². The number of rotatable bonds is 5. The molecule has 0 fully saturated rings.